The fraction of sp³-hybridized carbons (Fsp3) is 0.188. The lowest BCUT2D eigenvalue weighted by molar-refractivity contribution is 0.0698. The third-order valence-corrected chi connectivity index (χ3v) is 4.08. The zero-order chi connectivity index (χ0) is 16.8. The fourth-order valence-corrected chi connectivity index (χ4v) is 2.45. The molecule has 0 amide bonds. The lowest BCUT2D eigenvalue weighted by Gasteiger charge is -2.12. The molecule has 0 spiro atoms. The van der Waals surface area contributed by atoms with Gasteiger partial charge >= 0.3 is 5.97 Å². The van der Waals surface area contributed by atoms with Gasteiger partial charge in [0.05, 0.1) is 32.9 Å². The number of aromatic carboxylic acids is 1. The standard InChI is InChI=1S/C16H14Cl3NO3/c17-12-6-5-10(9-14(12)19)23-8-2-7-20-15-11(16(21)22)3-1-4-13(15)18/h1,3-6,9,20H,2,7-8H2,(H,21,22). The van der Waals surface area contributed by atoms with Crippen molar-refractivity contribution in [2.24, 2.45) is 0 Å². The minimum atomic E-state index is -1.03. The maximum atomic E-state index is 11.2. The highest BCUT2D eigenvalue weighted by atomic mass is 35.5. The summed E-state index contributed by atoms with van der Waals surface area (Å²) in [7, 11) is 0. The van der Waals surface area contributed by atoms with Gasteiger partial charge in [-0.3, -0.25) is 0 Å². The van der Waals surface area contributed by atoms with Gasteiger partial charge in [-0.2, -0.15) is 0 Å². The molecule has 4 nitrogen and oxygen atoms in total. The fourth-order valence-electron chi connectivity index (χ4n) is 1.92. The highest BCUT2D eigenvalue weighted by molar-refractivity contribution is 6.42. The van der Waals surface area contributed by atoms with Crippen LogP contribution in [-0.4, -0.2) is 24.2 Å². The first-order valence-electron chi connectivity index (χ1n) is 6.82. The Morgan fingerprint density at radius 2 is 1.87 bits per heavy atom. The van der Waals surface area contributed by atoms with Crippen molar-refractivity contribution >= 4 is 46.5 Å². The Bertz CT molecular complexity index is 707. The van der Waals surface area contributed by atoms with Crippen molar-refractivity contribution in [3.05, 3.63) is 57.0 Å². The van der Waals surface area contributed by atoms with E-state index in [1.54, 1.807) is 30.3 Å². The van der Waals surface area contributed by atoms with Gasteiger partial charge in [0.2, 0.25) is 0 Å². The van der Waals surface area contributed by atoms with Crippen LogP contribution in [0.15, 0.2) is 36.4 Å². The van der Waals surface area contributed by atoms with Crippen LogP contribution in [0.25, 0.3) is 0 Å². The van der Waals surface area contributed by atoms with Crippen LogP contribution in [0.2, 0.25) is 15.1 Å². The Morgan fingerprint density at radius 1 is 1.09 bits per heavy atom. The van der Waals surface area contributed by atoms with Gasteiger partial charge in [-0.25, -0.2) is 4.79 Å². The van der Waals surface area contributed by atoms with Gasteiger partial charge in [0.1, 0.15) is 5.75 Å². The smallest absolute Gasteiger partial charge is 0.337 e. The molecular formula is C16H14Cl3NO3. The number of carboxylic acid groups (broad SMARTS) is 1. The van der Waals surface area contributed by atoms with Crippen LogP contribution < -0.4 is 10.1 Å². The molecule has 0 fully saturated rings. The van der Waals surface area contributed by atoms with E-state index in [0.29, 0.717) is 46.1 Å². The van der Waals surface area contributed by atoms with Crippen LogP contribution in [0, 0.1) is 0 Å². The first-order chi connectivity index (χ1) is 11.0. The number of halogens is 3. The summed E-state index contributed by atoms with van der Waals surface area (Å²) in [5.74, 6) is -0.398. The second-order valence-electron chi connectivity index (χ2n) is 4.67. The number of carbonyl (C=O) groups is 1. The van der Waals surface area contributed by atoms with E-state index in [2.05, 4.69) is 5.32 Å². The molecule has 0 radical (unpaired) electrons. The van der Waals surface area contributed by atoms with E-state index in [0.717, 1.165) is 0 Å². The largest absolute Gasteiger partial charge is 0.493 e. The third-order valence-electron chi connectivity index (χ3n) is 3.03. The molecule has 2 N–H and O–H groups in total. The molecule has 2 aromatic carbocycles. The Morgan fingerprint density at radius 3 is 2.57 bits per heavy atom. The van der Waals surface area contributed by atoms with Gasteiger partial charge in [-0.05, 0) is 30.7 Å². The molecule has 0 unspecified atom stereocenters. The number of benzene rings is 2. The normalized spacial score (nSPS) is 10.4. The van der Waals surface area contributed by atoms with Crippen molar-refractivity contribution in [3.63, 3.8) is 0 Å². The topological polar surface area (TPSA) is 58.6 Å². The lowest BCUT2D eigenvalue weighted by Crippen LogP contribution is -2.11. The summed E-state index contributed by atoms with van der Waals surface area (Å²) in [6.07, 6.45) is 0.657. The van der Waals surface area contributed by atoms with Crippen molar-refractivity contribution in [3.8, 4) is 5.75 Å². The van der Waals surface area contributed by atoms with Gasteiger partial charge in [0, 0.05) is 12.6 Å². The average Bonchev–Trinajstić information content (AvgIpc) is 2.51. The van der Waals surface area contributed by atoms with Crippen molar-refractivity contribution in [1.82, 2.24) is 0 Å². The summed E-state index contributed by atoms with van der Waals surface area (Å²) in [6.45, 7) is 0.961. The summed E-state index contributed by atoms with van der Waals surface area (Å²) < 4.78 is 5.56. The number of hydrogen-bond donors (Lipinski definition) is 2. The maximum absolute atomic E-state index is 11.2. The molecule has 0 aliphatic heterocycles. The van der Waals surface area contributed by atoms with E-state index in [9.17, 15) is 4.79 Å². The minimum absolute atomic E-state index is 0.142. The highest BCUT2D eigenvalue weighted by Crippen LogP contribution is 2.27. The van der Waals surface area contributed by atoms with Crippen LogP contribution in [0.4, 0.5) is 5.69 Å². The zero-order valence-electron chi connectivity index (χ0n) is 12.0. The second-order valence-corrected chi connectivity index (χ2v) is 5.89. The Balaban J connectivity index is 1.84. The molecule has 0 saturated carbocycles. The number of ether oxygens (including phenoxy) is 1. The SMILES string of the molecule is O=C(O)c1cccc(Cl)c1NCCCOc1ccc(Cl)c(Cl)c1. The first kappa shape index (κ1) is 17.7. The van der Waals surface area contributed by atoms with Crippen LogP contribution in [0.3, 0.4) is 0 Å². The number of nitrogens with one attached hydrogen (secondary N) is 1. The van der Waals surface area contributed by atoms with Crippen molar-refractivity contribution in [2.75, 3.05) is 18.5 Å². The molecule has 2 aromatic rings. The number of para-hydroxylation sites is 1. The predicted octanol–water partition coefficient (Wildman–Crippen LogP) is 5.23. The van der Waals surface area contributed by atoms with Gasteiger partial charge < -0.3 is 15.2 Å². The van der Waals surface area contributed by atoms with E-state index in [1.165, 1.54) is 6.07 Å². The molecule has 0 bridgehead atoms. The Hall–Kier alpha value is -1.62. The lowest BCUT2D eigenvalue weighted by atomic mass is 10.1. The molecule has 0 heterocycles. The molecule has 0 saturated heterocycles. The number of hydrogen-bond acceptors (Lipinski definition) is 3. The van der Waals surface area contributed by atoms with Crippen LogP contribution >= 0.6 is 34.8 Å². The number of carboxylic acids is 1. The van der Waals surface area contributed by atoms with Crippen molar-refractivity contribution < 1.29 is 14.6 Å². The minimum Gasteiger partial charge on any atom is -0.493 e. The quantitative estimate of drug-likeness (QED) is 0.652. The third kappa shape index (κ3) is 4.93. The summed E-state index contributed by atoms with van der Waals surface area (Å²) in [4.78, 5) is 11.2. The van der Waals surface area contributed by atoms with Gasteiger partial charge in [0.25, 0.3) is 0 Å². The first-order valence-corrected chi connectivity index (χ1v) is 7.96. The van der Waals surface area contributed by atoms with Gasteiger partial charge in [-0.1, -0.05) is 40.9 Å². The Labute approximate surface area is 148 Å². The molecule has 2 rings (SSSR count). The summed E-state index contributed by atoms with van der Waals surface area (Å²) in [5.41, 5.74) is 0.555. The van der Waals surface area contributed by atoms with E-state index in [-0.39, 0.29) is 5.56 Å². The second kappa shape index (κ2) is 8.29. The highest BCUT2D eigenvalue weighted by Gasteiger charge is 2.12. The van der Waals surface area contributed by atoms with Crippen LogP contribution in [-0.2, 0) is 0 Å². The van der Waals surface area contributed by atoms with E-state index >= 15 is 0 Å². The molecule has 7 heteroatoms. The number of anilines is 1. The van der Waals surface area contributed by atoms with Gasteiger partial charge in [0.15, 0.2) is 0 Å². The summed E-state index contributed by atoms with van der Waals surface area (Å²) in [6, 6.07) is 9.79. The zero-order valence-corrected chi connectivity index (χ0v) is 14.3. The number of rotatable bonds is 7. The van der Waals surface area contributed by atoms with E-state index < -0.39 is 5.97 Å². The summed E-state index contributed by atoms with van der Waals surface area (Å²) in [5, 5.41) is 13.5. The summed E-state index contributed by atoms with van der Waals surface area (Å²) >= 11 is 17.8. The molecule has 122 valence electrons. The Kier molecular flexibility index (Phi) is 6.39. The molecule has 0 atom stereocenters. The molecule has 23 heavy (non-hydrogen) atoms. The molecule has 0 aliphatic carbocycles. The predicted molar refractivity (Wildman–Crippen MR) is 93.5 cm³/mol. The van der Waals surface area contributed by atoms with E-state index in [1.807, 2.05) is 0 Å². The molecule has 0 aliphatic rings. The van der Waals surface area contributed by atoms with Crippen molar-refractivity contribution in [2.45, 2.75) is 6.42 Å². The monoisotopic (exact) mass is 373 g/mol. The van der Waals surface area contributed by atoms with Crippen molar-refractivity contribution in [1.29, 1.82) is 0 Å². The molecule has 0 aromatic heterocycles. The van der Waals surface area contributed by atoms with Gasteiger partial charge in [-0.15, -0.1) is 0 Å². The van der Waals surface area contributed by atoms with Crippen LogP contribution in [0.5, 0.6) is 5.75 Å². The van der Waals surface area contributed by atoms with E-state index in [4.69, 9.17) is 44.6 Å². The maximum Gasteiger partial charge on any atom is 0.337 e. The average molecular weight is 375 g/mol. The molecular weight excluding hydrogens is 361 g/mol. The van der Waals surface area contributed by atoms with Crippen LogP contribution in [0.1, 0.15) is 16.8 Å².